The molecular weight excluding hydrogens is 294 g/mol. The summed E-state index contributed by atoms with van der Waals surface area (Å²) < 4.78 is 1.58. The molecule has 0 aliphatic heterocycles. The maximum absolute atomic E-state index is 12.2. The van der Waals surface area contributed by atoms with Crippen LogP contribution >= 0.6 is 0 Å². The van der Waals surface area contributed by atoms with Crippen LogP contribution in [0.15, 0.2) is 42.7 Å². The van der Waals surface area contributed by atoms with Gasteiger partial charge in [0.05, 0.1) is 0 Å². The molecule has 1 aromatic heterocycles. The highest BCUT2D eigenvalue weighted by atomic mass is 16.2. The fourth-order valence-corrected chi connectivity index (χ4v) is 2.04. The Morgan fingerprint density at radius 3 is 2.65 bits per heavy atom. The van der Waals surface area contributed by atoms with Gasteiger partial charge in [0.2, 0.25) is 11.8 Å². The number of hydrogen-bond acceptors (Lipinski definition) is 4. The second-order valence-corrected chi connectivity index (χ2v) is 5.17. The van der Waals surface area contributed by atoms with E-state index in [2.05, 4.69) is 15.7 Å². The van der Waals surface area contributed by atoms with E-state index in [4.69, 9.17) is 5.73 Å². The number of nitrogens with one attached hydrogen (secondary N) is 2. The lowest BCUT2D eigenvalue weighted by Crippen LogP contribution is -2.24. The van der Waals surface area contributed by atoms with Gasteiger partial charge in [-0.15, -0.1) is 0 Å². The second-order valence-electron chi connectivity index (χ2n) is 5.17. The second kappa shape index (κ2) is 8.09. The van der Waals surface area contributed by atoms with E-state index in [9.17, 15) is 9.59 Å². The molecule has 0 aliphatic rings. The Morgan fingerprint density at radius 1 is 1.26 bits per heavy atom. The third kappa shape index (κ3) is 4.93. The molecule has 7 heteroatoms. The minimum absolute atomic E-state index is 0.0937. The maximum Gasteiger partial charge on any atom is 0.248 e. The Hall–Kier alpha value is -2.67. The van der Waals surface area contributed by atoms with E-state index in [1.807, 2.05) is 0 Å². The number of amides is 2. The first-order chi connectivity index (χ1) is 11.1. The van der Waals surface area contributed by atoms with Crippen molar-refractivity contribution in [3.8, 4) is 0 Å². The molecular formula is C16H21N5O2. The Bertz CT molecular complexity index is 654. The van der Waals surface area contributed by atoms with Crippen molar-refractivity contribution in [1.82, 2.24) is 9.78 Å². The maximum atomic E-state index is 12.2. The molecule has 0 radical (unpaired) electrons. The van der Waals surface area contributed by atoms with E-state index in [-0.39, 0.29) is 11.8 Å². The lowest BCUT2D eigenvalue weighted by Gasteiger charge is -2.13. The number of benzene rings is 1. The number of nitrogens with zero attached hydrogens (tertiary/aromatic N) is 2. The lowest BCUT2D eigenvalue weighted by atomic mass is 10.2. The molecule has 0 saturated heterocycles. The molecule has 2 amide bonds. The molecule has 23 heavy (non-hydrogen) atoms. The number of hydrogen-bond donors (Lipinski definition) is 3. The van der Waals surface area contributed by atoms with Gasteiger partial charge in [-0.1, -0.05) is 6.07 Å². The third-order valence-electron chi connectivity index (χ3n) is 3.32. The predicted molar refractivity (Wildman–Crippen MR) is 88.9 cm³/mol. The zero-order valence-electron chi connectivity index (χ0n) is 13.0. The summed E-state index contributed by atoms with van der Waals surface area (Å²) in [6.07, 6.45) is 4.38. The van der Waals surface area contributed by atoms with Gasteiger partial charge in [0.1, 0.15) is 6.04 Å². The fourth-order valence-electron chi connectivity index (χ4n) is 2.04. The summed E-state index contributed by atoms with van der Waals surface area (Å²) >= 11 is 0. The van der Waals surface area contributed by atoms with Crippen LogP contribution in [-0.2, 0) is 9.59 Å². The number of carbonyl (C=O) groups is 2. The Balaban J connectivity index is 1.97. The number of carbonyl (C=O) groups excluding carboxylic acids is 2. The van der Waals surface area contributed by atoms with Gasteiger partial charge in [0.25, 0.3) is 0 Å². The topological polar surface area (TPSA) is 102 Å². The van der Waals surface area contributed by atoms with Crippen LogP contribution in [-0.4, -0.2) is 28.1 Å². The SMILES string of the molecule is CC(C(=O)Nc1cccc(NC(=O)CCCN)c1)n1cccn1. The van der Waals surface area contributed by atoms with Crippen molar-refractivity contribution < 1.29 is 9.59 Å². The summed E-state index contributed by atoms with van der Waals surface area (Å²) in [7, 11) is 0. The average Bonchev–Trinajstić information content (AvgIpc) is 3.06. The first-order valence-corrected chi connectivity index (χ1v) is 7.50. The van der Waals surface area contributed by atoms with E-state index in [1.165, 1.54) is 0 Å². The van der Waals surface area contributed by atoms with Crippen molar-refractivity contribution in [1.29, 1.82) is 0 Å². The Labute approximate surface area is 134 Å². The van der Waals surface area contributed by atoms with E-state index in [0.29, 0.717) is 30.8 Å². The lowest BCUT2D eigenvalue weighted by molar-refractivity contribution is -0.119. The quantitative estimate of drug-likeness (QED) is 0.724. The normalized spacial score (nSPS) is 11.7. The van der Waals surface area contributed by atoms with Crippen molar-refractivity contribution in [2.24, 2.45) is 5.73 Å². The molecule has 2 rings (SSSR count). The molecule has 0 saturated carbocycles. The minimum atomic E-state index is -0.423. The van der Waals surface area contributed by atoms with Gasteiger partial charge in [-0.2, -0.15) is 5.10 Å². The van der Waals surface area contributed by atoms with E-state index in [0.717, 1.165) is 0 Å². The van der Waals surface area contributed by atoms with Crippen LogP contribution < -0.4 is 16.4 Å². The highest BCUT2D eigenvalue weighted by molar-refractivity contribution is 5.95. The third-order valence-corrected chi connectivity index (χ3v) is 3.32. The van der Waals surface area contributed by atoms with Gasteiger partial charge in [-0.05, 0) is 44.2 Å². The number of anilines is 2. The predicted octanol–water partition coefficient (Wildman–Crippen LogP) is 1.76. The Morgan fingerprint density at radius 2 is 2.00 bits per heavy atom. The molecule has 122 valence electrons. The molecule has 7 nitrogen and oxygen atoms in total. The van der Waals surface area contributed by atoms with Crippen molar-refractivity contribution in [3.63, 3.8) is 0 Å². The highest BCUT2D eigenvalue weighted by Gasteiger charge is 2.15. The standard InChI is InChI=1S/C16H21N5O2/c1-12(21-10-4-9-18-21)16(23)20-14-6-2-5-13(11-14)19-15(22)7-3-8-17/h2,4-6,9-12H,3,7-8,17H2,1H3,(H,19,22)(H,20,23). The molecule has 2 aromatic rings. The van der Waals surface area contributed by atoms with Crippen LogP contribution in [0.5, 0.6) is 0 Å². The van der Waals surface area contributed by atoms with Crippen LogP contribution in [0.1, 0.15) is 25.8 Å². The van der Waals surface area contributed by atoms with Gasteiger partial charge >= 0.3 is 0 Å². The summed E-state index contributed by atoms with van der Waals surface area (Å²) in [6, 6.07) is 8.37. The molecule has 1 aromatic carbocycles. The smallest absolute Gasteiger partial charge is 0.248 e. The number of rotatable bonds is 7. The molecule has 0 fully saturated rings. The highest BCUT2D eigenvalue weighted by Crippen LogP contribution is 2.17. The van der Waals surface area contributed by atoms with E-state index >= 15 is 0 Å². The van der Waals surface area contributed by atoms with Gasteiger partial charge in [-0.25, -0.2) is 0 Å². The Kier molecular flexibility index (Phi) is 5.87. The van der Waals surface area contributed by atoms with Gasteiger partial charge in [0, 0.05) is 30.2 Å². The van der Waals surface area contributed by atoms with Crippen LogP contribution in [0.3, 0.4) is 0 Å². The van der Waals surface area contributed by atoms with Gasteiger partial charge in [-0.3, -0.25) is 14.3 Å². The first kappa shape index (κ1) is 16.7. The number of aromatic nitrogens is 2. The molecule has 0 bridgehead atoms. The fraction of sp³-hybridized carbons (Fsp3) is 0.312. The zero-order chi connectivity index (χ0) is 16.7. The molecule has 0 aliphatic carbocycles. The van der Waals surface area contributed by atoms with E-state index < -0.39 is 6.04 Å². The monoisotopic (exact) mass is 315 g/mol. The van der Waals surface area contributed by atoms with Crippen LogP contribution in [0.4, 0.5) is 11.4 Å². The summed E-state index contributed by atoms with van der Waals surface area (Å²) in [4.78, 5) is 23.9. The van der Waals surface area contributed by atoms with Crippen molar-refractivity contribution in [2.45, 2.75) is 25.8 Å². The summed E-state index contributed by atoms with van der Waals surface area (Å²) in [5.74, 6) is -0.274. The van der Waals surface area contributed by atoms with Crippen molar-refractivity contribution in [3.05, 3.63) is 42.7 Å². The van der Waals surface area contributed by atoms with E-state index in [1.54, 1.807) is 54.3 Å². The molecule has 4 N–H and O–H groups in total. The van der Waals surface area contributed by atoms with Crippen molar-refractivity contribution in [2.75, 3.05) is 17.2 Å². The van der Waals surface area contributed by atoms with Gasteiger partial charge < -0.3 is 16.4 Å². The first-order valence-electron chi connectivity index (χ1n) is 7.50. The molecule has 1 unspecified atom stereocenters. The summed E-state index contributed by atoms with van der Waals surface area (Å²) in [5.41, 5.74) is 6.64. The average molecular weight is 315 g/mol. The molecule has 1 atom stereocenters. The van der Waals surface area contributed by atoms with Gasteiger partial charge in [0.15, 0.2) is 0 Å². The zero-order valence-corrected chi connectivity index (χ0v) is 13.0. The number of nitrogens with two attached hydrogens (primary N) is 1. The van der Waals surface area contributed by atoms with Crippen LogP contribution in [0.2, 0.25) is 0 Å². The van der Waals surface area contributed by atoms with Crippen LogP contribution in [0.25, 0.3) is 0 Å². The summed E-state index contributed by atoms with van der Waals surface area (Å²) in [6.45, 7) is 2.25. The largest absolute Gasteiger partial charge is 0.330 e. The molecule has 0 spiro atoms. The van der Waals surface area contributed by atoms with Crippen molar-refractivity contribution >= 4 is 23.2 Å². The summed E-state index contributed by atoms with van der Waals surface area (Å²) in [5, 5.41) is 9.65. The van der Waals surface area contributed by atoms with Crippen LogP contribution in [0, 0.1) is 0 Å². The molecule has 1 heterocycles. The minimum Gasteiger partial charge on any atom is -0.330 e.